The van der Waals surface area contributed by atoms with Gasteiger partial charge in [-0.25, -0.2) is 0 Å². The quantitative estimate of drug-likeness (QED) is 0.706. The first-order valence-electron chi connectivity index (χ1n) is 6.92. The molecule has 0 heterocycles. The third kappa shape index (κ3) is 4.03. The molecule has 0 saturated carbocycles. The molecule has 0 fully saturated rings. The first-order valence-corrected chi connectivity index (χ1v) is 7.99. The Morgan fingerprint density at radius 1 is 1.00 bits per heavy atom. The molecule has 0 spiro atoms. The number of halogens is 1. The van der Waals surface area contributed by atoms with Crippen LogP contribution in [0.25, 0.3) is 0 Å². The van der Waals surface area contributed by atoms with Crippen LogP contribution in [-0.4, -0.2) is 14.2 Å². The van der Waals surface area contributed by atoms with E-state index in [0.29, 0.717) is 0 Å². The Labute approximate surface area is 139 Å². The second kappa shape index (κ2) is 7.54. The van der Waals surface area contributed by atoms with Crippen LogP contribution in [0.1, 0.15) is 24.9 Å². The van der Waals surface area contributed by atoms with Gasteiger partial charge in [0.2, 0.25) is 0 Å². The maximum atomic E-state index is 5.38. The molecular weight excluding hydrogens is 377 g/mol. The van der Waals surface area contributed by atoms with Crippen LogP contribution in [0.4, 0.5) is 5.69 Å². The maximum Gasteiger partial charge on any atom is 0.161 e. The van der Waals surface area contributed by atoms with E-state index in [2.05, 4.69) is 65.2 Å². The fourth-order valence-corrected chi connectivity index (χ4v) is 2.60. The van der Waals surface area contributed by atoms with Crippen molar-refractivity contribution in [3.8, 4) is 11.5 Å². The lowest BCUT2D eigenvalue weighted by molar-refractivity contribution is 0.354. The summed E-state index contributed by atoms with van der Waals surface area (Å²) in [6.45, 7) is 2.17. The summed E-state index contributed by atoms with van der Waals surface area (Å²) in [6.07, 6.45) is 0.988. The lowest BCUT2D eigenvalue weighted by Gasteiger charge is -2.20. The molecule has 0 saturated heterocycles. The van der Waals surface area contributed by atoms with Gasteiger partial charge in [0.15, 0.2) is 11.5 Å². The van der Waals surface area contributed by atoms with E-state index in [9.17, 15) is 0 Å². The van der Waals surface area contributed by atoms with Gasteiger partial charge in [-0.2, -0.15) is 0 Å². The Morgan fingerprint density at radius 3 is 2.24 bits per heavy atom. The summed E-state index contributed by atoms with van der Waals surface area (Å²) in [5.41, 5.74) is 2.31. The average Bonchev–Trinajstić information content (AvgIpc) is 2.53. The highest BCUT2D eigenvalue weighted by Gasteiger charge is 2.12. The largest absolute Gasteiger partial charge is 0.493 e. The molecule has 112 valence electrons. The van der Waals surface area contributed by atoms with Gasteiger partial charge in [0.05, 0.1) is 20.3 Å². The van der Waals surface area contributed by atoms with E-state index in [4.69, 9.17) is 9.47 Å². The van der Waals surface area contributed by atoms with Gasteiger partial charge in [0.25, 0.3) is 0 Å². The van der Waals surface area contributed by atoms with Crippen molar-refractivity contribution in [2.45, 2.75) is 19.4 Å². The van der Waals surface area contributed by atoms with Gasteiger partial charge in [-0.15, -0.1) is 0 Å². The van der Waals surface area contributed by atoms with E-state index >= 15 is 0 Å². The molecule has 0 radical (unpaired) electrons. The Morgan fingerprint density at radius 2 is 1.67 bits per heavy atom. The summed E-state index contributed by atoms with van der Waals surface area (Å²) in [5.74, 6) is 1.52. The standard InChI is InChI=1S/C17H20INO2/c1-4-15(19-14-8-6-13(18)7-9-14)12-5-10-16(20-2)17(11-12)21-3/h5-11,15,19H,4H2,1-3H3. The van der Waals surface area contributed by atoms with Crippen LogP contribution < -0.4 is 14.8 Å². The summed E-state index contributed by atoms with van der Waals surface area (Å²) >= 11 is 2.31. The fraction of sp³-hybridized carbons (Fsp3) is 0.294. The van der Waals surface area contributed by atoms with Crippen LogP contribution in [0.3, 0.4) is 0 Å². The van der Waals surface area contributed by atoms with Crippen molar-refractivity contribution in [1.82, 2.24) is 0 Å². The highest BCUT2D eigenvalue weighted by atomic mass is 127. The van der Waals surface area contributed by atoms with Crippen molar-refractivity contribution in [2.24, 2.45) is 0 Å². The van der Waals surface area contributed by atoms with Crippen LogP contribution in [0, 0.1) is 3.57 Å². The van der Waals surface area contributed by atoms with Crippen molar-refractivity contribution < 1.29 is 9.47 Å². The van der Waals surface area contributed by atoms with E-state index < -0.39 is 0 Å². The topological polar surface area (TPSA) is 30.5 Å². The second-order valence-corrected chi connectivity index (χ2v) is 5.97. The Balaban J connectivity index is 2.22. The molecule has 0 aliphatic rings. The molecule has 1 atom stereocenters. The lowest BCUT2D eigenvalue weighted by atomic mass is 10.0. The number of rotatable bonds is 6. The van der Waals surface area contributed by atoms with E-state index in [-0.39, 0.29) is 6.04 Å². The number of nitrogens with one attached hydrogen (secondary N) is 1. The number of methoxy groups -OCH3 is 2. The lowest BCUT2D eigenvalue weighted by Crippen LogP contribution is -2.10. The summed E-state index contributed by atoms with van der Waals surface area (Å²) in [7, 11) is 3.31. The molecule has 1 unspecified atom stereocenters. The smallest absolute Gasteiger partial charge is 0.161 e. The molecule has 0 aliphatic carbocycles. The van der Waals surface area contributed by atoms with Gasteiger partial charge in [-0.05, 0) is 71.0 Å². The van der Waals surface area contributed by atoms with E-state index in [1.54, 1.807) is 14.2 Å². The minimum atomic E-state index is 0.241. The third-order valence-corrected chi connectivity index (χ3v) is 4.12. The summed E-state index contributed by atoms with van der Waals surface area (Å²) in [4.78, 5) is 0. The van der Waals surface area contributed by atoms with Gasteiger partial charge in [-0.3, -0.25) is 0 Å². The minimum absolute atomic E-state index is 0.241. The summed E-state index contributed by atoms with van der Waals surface area (Å²) in [5, 5.41) is 3.56. The molecule has 2 aromatic carbocycles. The van der Waals surface area contributed by atoms with Gasteiger partial charge in [0.1, 0.15) is 0 Å². The average molecular weight is 397 g/mol. The predicted octanol–water partition coefficient (Wildman–Crippen LogP) is 4.87. The second-order valence-electron chi connectivity index (χ2n) is 4.73. The highest BCUT2D eigenvalue weighted by molar-refractivity contribution is 14.1. The Bertz CT molecular complexity index is 584. The van der Waals surface area contributed by atoms with Gasteiger partial charge in [-0.1, -0.05) is 13.0 Å². The molecule has 2 rings (SSSR count). The number of anilines is 1. The van der Waals surface area contributed by atoms with Gasteiger partial charge in [0, 0.05) is 9.26 Å². The Kier molecular flexibility index (Phi) is 5.73. The van der Waals surface area contributed by atoms with Crippen LogP contribution in [0.5, 0.6) is 11.5 Å². The SMILES string of the molecule is CCC(Nc1ccc(I)cc1)c1ccc(OC)c(OC)c1. The van der Waals surface area contributed by atoms with Crippen LogP contribution >= 0.6 is 22.6 Å². The Hall–Kier alpha value is -1.43. The van der Waals surface area contributed by atoms with Crippen molar-refractivity contribution in [1.29, 1.82) is 0 Å². The molecule has 2 aromatic rings. The van der Waals surface area contributed by atoms with Crippen LogP contribution in [-0.2, 0) is 0 Å². The predicted molar refractivity (Wildman–Crippen MR) is 95.4 cm³/mol. The molecule has 4 heteroatoms. The van der Waals surface area contributed by atoms with Crippen molar-refractivity contribution in [3.05, 3.63) is 51.6 Å². The zero-order valence-electron chi connectivity index (χ0n) is 12.5. The normalized spacial score (nSPS) is 11.8. The molecule has 21 heavy (non-hydrogen) atoms. The number of benzene rings is 2. The van der Waals surface area contributed by atoms with Gasteiger partial charge < -0.3 is 14.8 Å². The molecule has 1 N–H and O–H groups in total. The van der Waals surface area contributed by atoms with E-state index in [1.165, 1.54) is 9.13 Å². The van der Waals surface area contributed by atoms with Crippen molar-refractivity contribution >= 4 is 28.3 Å². The number of ether oxygens (including phenoxy) is 2. The number of hydrogen-bond acceptors (Lipinski definition) is 3. The highest BCUT2D eigenvalue weighted by Crippen LogP contribution is 2.32. The summed E-state index contributed by atoms with van der Waals surface area (Å²) in [6, 6.07) is 14.7. The number of hydrogen-bond donors (Lipinski definition) is 1. The monoisotopic (exact) mass is 397 g/mol. The first-order chi connectivity index (χ1) is 10.2. The molecule has 0 amide bonds. The molecule has 3 nitrogen and oxygen atoms in total. The summed E-state index contributed by atoms with van der Waals surface area (Å²) < 4.78 is 11.9. The zero-order valence-corrected chi connectivity index (χ0v) is 14.7. The van der Waals surface area contributed by atoms with E-state index in [0.717, 1.165) is 23.6 Å². The molecule has 0 aromatic heterocycles. The van der Waals surface area contributed by atoms with Crippen molar-refractivity contribution in [3.63, 3.8) is 0 Å². The maximum absolute atomic E-state index is 5.38. The van der Waals surface area contributed by atoms with E-state index in [1.807, 2.05) is 12.1 Å². The first kappa shape index (κ1) is 15.9. The van der Waals surface area contributed by atoms with Gasteiger partial charge >= 0.3 is 0 Å². The van der Waals surface area contributed by atoms with Crippen LogP contribution in [0.2, 0.25) is 0 Å². The van der Waals surface area contributed by atoms with Crippen LogP contribution in [0.15, 0.2) is 42.5 Å². The molecule has 0 bridgehead atoms. The van der Waals surface area contributed by atoms with Crippen molar-refractivity contribution in [2.75, 3.05) is 19.5 Å². The third-order valence-electron chi connectivity index (χ3n) is 3.40. The zero-order chi connectivity index (χ0) is 15.2. The molecule has 0 aliphatic heterocycles. The molecular formula is C17H20INO2. The fourth-order valence-electron chi connectivity index (χ4n) is 2.24. The minimum Gasteiger partial charge on any atom is -0.493 e.